The molecule has 0 spiro atoms. The number of nitrogens with one attached hydrogen (secondary N) is 3. The molecule has 0 bridgehead atoms. The van der Waals surface area contributed by atoms with Gasteiger partial charge in [-0.3, -0.25) is 9.79 Å². The van der Waals surface area contributed by atoms with E-state index in [9.17, 15) is 9.18 Å². The lowest BCUT2D eigenvalue weighted by Gasteiger charge is -2.27. The molecular formula is C21H33FN4O2. The highest BCUT2D eigenvalue weighted by Gasteiger charge is 2.33. The van der Waals surface area contributed by atoms with Crippen LogP contribution in [0, 0.1) is 11.2 Å². The summed E-state index contributed by atoms with van der Waals surface area (Å²) >= 11 is 0. The van der Waals surface area contributed by atoms with Crippen LogP contribution in [-0.2, 0) is 4.74 Å². The normalized spacial score (nSPS) is 16.0. The van der Waals surface area contributed by atoms with Crippen LogP contribution in [0.15, 0.2) is 29.3 Å². The third-order valence-electron chi connectivity index (χ3n) is 5.24. The van der Waals surface area contributed by atoms with E-state index in [-0.39, 0.29) is 11.0 Å². The monoisotopic (exact) mass is 392 g/mol. The Labute approximate surface area is 167 Å². The van der Waals surface area contributed by atoms with Crippen LogP contribution in [-0.4, -0.2) is 51.8 Å². The van der Waals surface area contributed by atoms with E-state index in [1.807, 2.05) is 6.92 Å². The summed E-state index contributed by atoms with van der Waals surface area (Å²) < 4.78 is 18.9. The second-order valence-corrected chi connectivity index (χ2v) is 7.31. The van der Waals surface area contributed by atoms with Gasteiger partial charge < -0.3 is 20.7 Å². The summed E-state index contributed by atoms with van der Waals surface area (Å²) in [5.41, 5.74) is 0.293. The number of carbonyl (C=O) groups is 1. The molecule has 0 unspecified atom stereocenters. The number of nitrogens with zero attached hydrogens (tertiary/aromatic N) is 1. The Balaban J connectivity index is 1.82. The summed E-state index contributed by atoms with van der Waals surface area (Å²) in [6.45, 7) is 5.21. The quantitative estimate of drug-likeness (QED) is 0.325. The lowest BCUT2D eigenvalue weighted by molar-refractivity contribution is 0.0950. The molecule has 1 aliphatic carbocycles. The van der Waals surface area contributed by atoms with Gasteiger partial charge in [0.2, 0.25) is 0 Å². The van der Waals surface area contributed by atoms with Gasteiger partial charge in [0.1, 0.15) is 5.82 Å². The molecule has 7 heteroatoms. The summed E-state index contributed by atoms with van der Waals surface area (Å²) in [5.74, 6) is -0.182. The van der Waals surface area contributed by atoms with Gasteiger partial charge in [0.15, 0.2) is 5.96 Å². The first-order valence-electron chi connectivity index (χ1n) is 10.1. The van der Waals surface area contributed by atoms with Crippen LogP contribution < -0.4 is 16.0 Å². The van der Waals surface area contributed by atoms with Crippen LogP contribution in [0.5, 0.6) is 0 Å². The van der Waals surface area contributed by atoms with Crippen molar-refractivity contribution in [2.75, 3.05) is 39.9 Å². The maximum Gasteiger partial charge on any atom is 0.254 e. The van der Waals surface area contributed by atoms with Crippen molar-refractivity contribution in [3.05, 3.63) is 35.6 Å². The minimum Gasteiger partial charge on any atom is -0.385 e. The summed E-state index contributed by atoms with van der Waals surface area (Å²) in [4.78, 5) is 16.8. The molecule has 3 N–H and O–H groups in total. The number of guanidine groups is 1. The highest BCUT2D eigenvalue weighted by molar-refractivity contribution is 5.94. The zero-order valence-electron chi connectivity index (χ0n) is 17.0. The van der Waals surface area contributed by atoms with Gasteiger partial charge in [0.05, 0.1) is 5.56 Å². The van der Waals surface area contributed by atoms with Crippen LogP contribution in [0.3, 0.4) is 0 Å². The number of amides is 1. The van der Waals surface area contributed by atoms with Gasteiger partial charge in [-0.1, -0.05) is 25.0 Å². The molecule has 2 rings (SSSR count). The maximum atomic E-state index is 13.6. The molecule has 0 heterocycles. The molecule has 156 valence electrons. The molecular weight excluding hydrogens is 359 g/mol. The molecule has 0 aromatic heterocycles. The first-order valence-corrected chi connectivity index (χ1v) is 10.1. The van der Waals surface area contributed by atoms with Crippen LogP contribution >= 0.6 is 0 Å². The van der Waals surface area contributed by atoms with E-state index in [0.29, 0.717) is 13.1 Å². The van der Waals surface area contributed by atoms with Gasteiger partial charge in [0.25, 0.3) is 5.91 Å². The number of hydrogen-bond donors (Lipinski definition) is 3. The summed E-state index contributed by atoms with van der Waals surface area (Å²) in [7, 11) is 1.74. The fourth-order valence-corrected chi connectivity index (χ4v) is 3.62. The number of carbonyl (C=O) groups excluding carboxylic acids is 1. The number of methoxy groups -OCH3 is 1. The van der Waals surface area contributed by atoms with Crippen LogP contribution in [0.1, 0.15) is 49.4 Å². The number of benzene rings is 1. The van der Waals surface area contributed by atoms with Crippen LogP contribution in [0.25, 0.3) is 0 Å². The molecule has 0 aliphatic heterocycles. The van der Waals surface area contributed by atoms with Crippen molar-refractivity contribution >= 4 is 11.9 Å². The minimum atomic E-state index is -0.513. The zero-order chi connectivity index (χ0) is 20.2. The highest BCUT2D eigenvalue weighted by atomic mass is 19.1. The molecule has 0 atom stereocenters. The van der Waals surface area contributed by atoms with Gasteiger partial charge >= 0.3 is 0 Å². The van der Waals surface area contributed by atoms with E-state index in [1.54, 1.807) is 19.2 Å². The molecule has 28 heavy (non-hydrogen) atoms. The van der Waals surface area contributed by atoms with E-state index >= 15 is 0 Å². The van der Waals surface area contributed by atoms with Crippen molar-refractivity contribution in [2.24, 2.45) is 10.4 Å². The predicted molar refractivity (Wildman–Crippen MR) is 110 cm³/mol. The maximum absolute atomic E-state index is 13.6. The Morgan fingerprint density at radius 2 is 1.89 bits per heavy atom. The second-order valence-electron chi connectivity index (χ2n) is 7.31. The Bertz CT molecular complexity index is 645. The number of hydrogen-bond acceptors (Lipinski definition) is 3. The van der Waals surface area contributed by atoms with Gasteiger partial charge in [-0.25, -0.2) is 4.39 Å². The highest BCUT2D eigenvalue weighted by Crippen LogP contribution is 2.41. The van der Waals surface area contributed by atoms with Crippen molar-refractivity contribution < 1.29 is 13.9 Å². The zero-order valence-corrected chi connectivity index (χ0v) is 17.0. The Kier molecular flexibility index (Phi) is 9.20. The average Bonchev–Trinajstić information content (AvgIpc) is 3.17. The summed E-state index contributed by atoms with van der Waals surface area (Å²) in [6, 6.07) is 5.97. The molecule has 1 aliphatic rings. The van der Waals surface area contributed by atoms with Gasteiger partial charge in [0, 0.05) is 39.9 Å². The van der Waals surface area contributed by atoms with E-state index in [1.165, 1.54) is 37.8 Å². The lowest BCUT2D eigenvalue weighted by atomic mass is 9.83. The lowest BCUT2D eigenvalue weighted by Crippen LogP contribution is -2.42. The van der Waals surface area contributed by atoms with Crippen molar-refractivity contribution in [1.29, 1.82) is 0 Å². The first-order chi connectivity index (χ1) is 13.6. The largest absolute Gasteiger partial charge is 0.385 e. The Morgan fingerprint density at radius 3 is 2.57 bits per heavy atom. The van der Waals surface area contributed by atoms with Crippen molar-refractivity contribution in [1.82, 2.24) is 16.0 Å². The Hall–Kier alpha value is -2.15. The number of rotatable bonds is 10. The smallest absolute Gasteiger partial charge is 0.254 e. The first kappa shape index (κ1) is 22.1. The molecule has 1 fully saturated rings. The Morgan fingerprint density at radius 1 is 1.18 bits per heavy atom. The predicted octanol–water partition coefficient (Wildman–Crippen LogP) is 2.71. The number of aliphatic imine (C=N–C) groups is 1. The van der Waals surface area contributed by atoms with E-state index in [0.717, 1.165) is 32.1 Å². The van der Waals surface area contributed by atoms with E-state index in [4.69, 9.17) is 9.73 Å². The van der Waals surface area contributed by atoms with E-state index in [2.05, 4.69) is 16.0 Å². The van der Waals surface area contributed by atoms with Gasteiger partial charge in [-0.15, -0.1) is 0 Å². The molecule has 1 amide bonds. The standard InChI is InChI=1S/C21H33FN4O2/c1-3-23-20(26-16-21(12-15-28-2)10-6-7-11-21)25-14-13-24-19(27)17-8-4-5-9-18(17)22/h4-5,8-9H,3,6-7,10-16H2,1-2H3,(H,24,27)(H2,23,25,26). The third-order valence-corrected chi connectivity index (χ3v) is 5.24. The topological polar surface area (TPSA) is 74.8 Å². The van der Waals surface area contributed by atoms with Crippen molar-refractivity contribution in [3.63, 3.8) is 0 Å². The average molecular weight is 393 g/mol. The van der Waals surface area contributed by atoms with Gasteiger partial charge in [-0.05, 0) is 43.7 Å². The number of halogens is 1. The third kappa shape index (κ3) is 6.78. The van der Waals surface area contributed by atoms with E-state index < -0.39 is 11.7 Å². The SMILES string of the molecule is CCNC(=NCC1(CCOC)CCCC1)NCCNC(=O)c1ccccc1F. The molecule has 0 saturated heterocycles. The number of ether oxygens (including phenoxy) is 1. The molecule has 6 nitrogen and oxygen atoms in total. The van der Waals surface area contributed by atoms with Crippen molar-refractivity contribution in [2.45, 2.75) is 39.0 Å². The molecule has 0 radical (unpaired) electrons. The van der Waals surface area contributed by atoms with Crippen LogP contribution in [0.2, 0.25) is 0 Å². The molecule has 1 saturated carbocycles. The molecule has 1 aromatic carbocycles. The second kappa shape index (κ2) is 11.6. The summed E-state index contributed by atoms with van der Waals surface area (Å²) in [5, 5.41) is 9.21. The minimum absolute atomic E-state index is 0.0596. The fourth-order valence-electron chi connectivity index (χ4n) is 3.62. The van der Waals surface area contributed by atoms with Crippen molar-refractivity contribution in [3.8, 4) is 0 Å². The van der Waals surface area contributed by atoms with Gasteiger partial charge in [-0.2, -0.15) is 0 Å². The van der Waals surface area contributed by atoms with Crippen LogP contribution in [0.4, 0.5) is 4.39 Å². The fraction of sp³-hybridized carbons (Fsp3) is 0.619. The molecule has 1 aromatic rings. The summed E-state index contributed by atoms with van der Waals surface area (Å²) in [6.07, 6.45) is 5.93.